The second-order valence-corrected chi connectivity index (χ2v) is 4.45. The predicted molar refractivity (Wildman–Crippen MR) is 64.3 cm³/mol. The van der Waals surface area contributed by atoms with Crippen LogP contribution in [0.2, 0.25) is 5.15 Å². The monoisotopic (exact) mass is 292 g/mol. The maximum absolute atomic E-state index is 5.99. The highest BCUT2D eigenvalue weighted by Gasteiger charge is 2.11. The Morgan fingerprint density at radius 1 is 1.47 bits per heavy atom. The van der Waals surface area contributed by atoms with Gasteiger partial charge in [0.2, 0.25) is 0 Å². The van der Waals surface area contributed by atoms with Crippen molar-refractivity contribution in [3.63, 3.8) is 0 Å². The lowest BCUT2D eigenvalue weighted by Crippen LogP contribution is -2.12. The summed E-state index contributed by atoms with van der Waals surface area (Å²) in [5.74, 6) is 0.731. The summed E-state index contributed by atoms with van der Waals surface area (Å²) in [5.41, 5.74) is 0.938. The maximum atomic E-state index is 5.99. The first-order valence-electron chi connectivity index (χ1n) is 4.82. The van der Waals surface area contributed by atoms with Crippen molar-refractivity contribution < 1.29 is 4.74 Å². The largest absolute Gasteiger partial charge is 0.381 e. The van der Waals surface area contributed by atoms with Gasteiger partial charge in [0, 0.05) is 13.5 Å². The highest BCUT2D eigenvalue weighted by Crippen LogP contribution is 2.24. The zero-order valence-electron chi connectivity index (χ0n) is 9.05. The molecule has 0 aromatic carbocycles. The molecule has 0 aliphatic heterocycles. The minimum atomic E-state index is 0.104. The molecule has 3 nitrogen and oxygen atoms in total. The fraction of sp³-hybridized carbons (Fsp3) is 0.600. The normalized spacial score (nSPS) is 12.9. The second-order valence-electron chi connectivity index (χ2n) is 3.30. The molecule has 0 radical (unpaired) electrons. The van der Waals surface area contributed by atoms with Gasteiger partial charge in [-0.2, -0.15) is 0 Å². The first-order chi connectivity index (χ1) is 7.08. The molecular weight excluding hydrogens is 279 g/mol. The van der Waals surface area contributed by atoms with Crippen LogP contribution in [0.5, 0.6) is 0 Å². The second kappa shape index (κ2) is 5.77. The summed E-state index contributed by atoms with van der Waals surface area (Å²) in [5, 5.41) is 0.472. The Labute approximate surface area is 103 Å². The van der Waals surface area contributed by atoms with Crippen LogP contribution in [0.3, 0.4) is 0 Å². The summed E-state index contributed by atoms with van der Waals surface area (Å²) in [7, 11) is 1.67. The molecule has 1 aromatic heterocycles. The van der Waals surface area contributed by atoms with Crippen molar-refractivity contribution in [1.29, 1.82) is 0 Å². The van der Waals surface area contributed by atoms with Gasteiger partial charge in [0.1, 0.15) is 11.0 Å². The Bertz CT molecular complexity index is 346. The van der Waals surface area contributed by atoms with E-state index in [0.29, 0.717) is 11.6 Å². The third-order valence-electron chi connectivity index (χ3n) is 2.13. The zero-order valence-corrected chi connectivity index (χ0v) is 11.4. The van der Waals surface area contributed by atoms with E-state index in [4.69, 9.17) is 16.3 Å². The van der Waals surface area contributed by atoms with Crippen LogP contribution >= 0.6 is 27.5 Å². The number of rotatable bonds is 4. The van der Waals surface area contributed by atoms with Crippen molar-refractivity contribution in [2.24, 2.45) is 0 Å². The minimum Gasteiger partial charge on any atom is -0.381 e. The average Bonchev–Trinajstić information content (AvgIpc) is 2.22. The van der Waals surface area contributed by atoms with Gasteiger partial charge in [-0.15, -0.1) is 0 Å². The fourth-order valence-corrected chi connectivity index (χ4v) is 1.84. The highest BCUT2D eigenvalue weighted by molar-refractivity contribution is 9.10. The SMILES string of the molecule is CCc1nc(CC(C)OC)nc(Cl)c1Br. The van der Waals surface area contributed by atoms with E-state index in [1.807, 2.05) is 13.8 Å². The van der Waals surface area contributed by atoms with Crippen LogP contribution in [0.25, 0.3) is 0 Å². The highest BCUT2D eigenvalue weighted by atomic mass is 79.9. The molecule has 0 spiro atoms. The number of hydrogen-bond acceptors (Lipinski definition) is 3. The first-order valence-corrected chi connectivity index (χ1v) is 5.99. The first kappa shape index (κ1) is 12.9. The van der Waals surface area contributed by atoms with Crippen molar-refractivity contribution >= 4 is 27.5 Å². The molecule has 1 rings (SSSR count). The third kappa shape index (κ3) is 3.40. The van der Waals surface area contributed by atoms with E-state index in [1.54, 1.807) is 7.11 Å². The van der Waals surface area contributed by atoms with Gasteiger partial charge in [-0.25, -0.2) is 9.97 Å². The Balaban J connectivity index is 2.95. The predicted octanol–water partition coefficient (Wildman–Crippen LogP) is 3.03. The summed E-state index contributed by atoms with van der Waals surface area (Å²) in [6.45, 7) is 4.01. The Kier molecular flexibility index (Phi) is 4.96. The van der Waals surface area contributed by atoms with Gasteiger partial charge < -0.3 is 4.74 Å². The average molecular weight is 294 g/mol. The lowest BCUT2D eigenvalue weighted by molar-refractivity contribution is 0.117. The molecule has 1 heterocycles. The summed E-state index contributed by atoms with van der Waals surface area (Å²) in [6, 6.07) is 0. The number of aromatic nitrogens is 2. The molecule has 0 aliphatic rings. The topological polar surface area (TPSA) is 35.0 Å². The number of nitrogens with zero attached hydrogens (tertiary/aromatic N) is 2. The van der Waals surface area contributed by atoms with E-state index in [-0.39, 0.29) is 6.10 Å². The Morgan fingerprint density at radius 2 is 2.13 bits per heavy atom. The zero-order chi connectivity index (χ0) is 11.4. The summed E-state index contributed by atoms with van der Waals surface area (Å²) in [4.78, 5) is 8.61. The third-order valence-corrected chi connectivity index (χ3v) is 3.47. The number of methoxy groups -OCH3 is 1. The van der Waals surface area contributed by atoms with Gasteiger partial charge in [0.25, 0.3) is 0 Å². The summed E-state index contributed by atoms with van der Waals surface area (Å²) >= 11 is 9.36. The summed E-state index contributed by atoms with van der Waals surface area (Å²) in [6.07, 6.45) is 1.61. The fourth-order valence-electron chi connectivity index (χ4n) is 1.18. The van der Waals surface area contributed by atoms with E-state index >= 15 is 0 Å². The summed E-state index contributed by atoms with van der Waals surface area (Å²) < 4.78 is 5.96. The van der Waals surface area contributed by atoms with Gasteiger partial charge in [-0.3, -0.25) is 0 Å². The van der Waals surface area contributed by atoms with Crippen LogP contribution in [0.4, 0.5) is 0 Å². The van der Waals surface area contributed by atoms with Crippen LogP contribution in [0.1, 0.15) is 25.4 Å². The number of ether oxygens (including phenoxy) is 1. The van der Waals surface area contributed by atoms with Gasteiger partial charge in [0.05, 0.1) is 16.3 Å². The molecule has 15 heavy (non-hydrogen) atoms. The molecule has 5 heteroatoms. The van der Waals surface area contributed by atoms with Crippen molar-refractivity contribution in [3.8, 4) is 0 Å². The van der Waals surface area contributed by atoms with Crippen LogP contribution < -0.4 is 0 Å². The number of halogens is 2. The quantitative estimate of drug-likeness (QED) is 0.800. The molecule has 1 atom stereocenters. The molecule has 84 valence electrons. The smallest absolute Gasteiger partial charge is 0.147 e. The molecule has 0 aliphatic carbocycles. The van der Waals surface area contributed by atoms with E-state index in [2.05, 4.69) is 25.9 Å². The van der Waals surface area contributed by atoms with E-state index in [9.17, 15) is 0 Å². The minimum absolute atomic E-state index is 0.104. The Hall–Kier alpha value is -0.190. The van der Waals surface area contributed by atoms with Gasteiger partial charge in [-0.05, 0) is 29.3 Å². The van der Waals surface area contributed by atoms with Gasteiger partial charge in [-0.1, -0.05) is 18.5 Å². The molecular formula is C10H14BrClN2O. The maximum Gasteiger partial charge on any atom is 0.147 e. The van der Waals surface area contributed by atoms with Crippen LogP contribution in [-0.4, -0.2) is 23.2 Å². The molecule has 0 saturated carbocycles. The lowest BCUT2D eigenvalue weighted by atomic mass is 10.2. The Morgan fingerprint density at radius 3 is 2.67 bits per heavy atom. The van der Waals surface area contributed by atoms with Crippen molar-refractivity contribution in [2.75, 3.05) is 7.11 Å². The molecule has 0 saturated heterocycles. The molecule has 1 unspecified atom stereocenters. The van der Waals surface area contributed by atoms with Crippen LogP contribution in [-0.2, 0) is 17.6 Å². The number of aryl methyl sites for hydroxylation is 1. The standard InChI is InChI=1S/C10H14BrClN2O/c1-4-7-9(11)10(12)14-8(13-7)5-6(2)15-3/h6H,4-5H2,1-3H3. The van der Waals surface area contributed by atoms with Crippen LogP contribution in [0.15, 0.2) is 4.47 Å². The van der Waals surface area contributed by atoms with E-state index in [1.165, 1.54) is 0 Å². The van der Waals surface area contributed by atoms with Gasteiger partial charge >= 0.3 is 0 Å². The van der Waals surface area contributed by atoms with Gasteiger partial charge in [0.15, 0.2) is 0 Å². The lowest BCUT2D eigenvalue weighted by Gasteiger charge is -2.10. The number of hydrogen-bond donors (Lipinski definition) is 0. The van der Waals surface area contributed by atoms with Crippen molar-refractivity contribution in [2.45, 2.75) is 32.8 Å². The van der Waals surface area contributed by atoms with E-state index < -0.39 is 0 Å². The van der Waals surface area contributed by atoms with E-state index in [0.717, 1.165) is 22.4 Å². The van der Waals surface area contributed by atoms with Crippen LogP contribution in [0, 0.1) is 0 Å². The molecule has 1 aromatic rings. The molecule has 0 N–H and O–H groups in total. The molecule has 0 fully saturated rings. The van der Waals surface area contributed by atoms with Crippen molar-refractivity contribution in [1.82, 2.24) is 9.97 Å². The molecule has 0 bridgehead atoms. The molecule has 0 amide bonds. The van der Waals surface area contributed by atoms with Crippen molar-refractivity contribution in [3.05, 3.63) is 21.1 Å².